The molecule has 2 saturated heterocycles. The quantitative estimate of drug-likeness (QED) is 0.212. The summed E-state index contributed by atoms with van der Waals surface area (Å²) in [6.07, 6.45) is -10.5. The number of ether oxygens (including phenoxy) is 5. The molecular formula is C17H24O12. The number of methoxy groups -OCH3 is 1. The first-order valence-electron chi connectivity index (χ1n) is 9.38. The number of carboxylic acids is 1. The van der Waals surface area contributed by atoms with Gasteiger partial charge in [-0.1, -0.05) is 0 Å². The van der Waals surface area contributed by atoms with Crippen molar-refractivity contribution in [2.75, 3.05) is 20.3 Å². The number of epoxide rings is 1. The van der Waals surface area contributed by atoms with Gasteiger partial charge in [0.2, 0.25) is 6.29 Å². The molecule has 3 aliphatic heterocycles. The zero-order valence-electron chi connectivity index (χ0n) is 16.4. The molecule has 2 fully saturated rings. The minimum absolute atomic E-state index is 0.0832. The van der Waals surface area contributed by atoms with E-state index in [9.17, 15) is 35.1 Å². The minimum atomic E-state index is -1.74. The van der Waals surface area contributed by atoms with Gasteiger partial charge in [-0.2, -0.15) is 0 Å². The Morgan fingerprint density at radius 1 is 1.24 bits per heavy atom. The van der Waals surface area contributed by atoms with E-state index in [0.717, 1.165) is 13.4 Å². The van der Waals surface area contributed by atoms with Crippen molar-refractivity contribution in [1.29, 1.82) is 0 Å². The first kappa shape index (κ1) is 20.5. The van der Waals surface area contributed by atoms with Crippen LogP contribution in [0.25, 0.3) is 0 Å². The van der Waals surface area contributed by atoms with Crippen molar-refractivity contribution in [3.8, 4) is 0 Å². The average Bonchev–Trinajstić information content (AvgIpc) is 3.45. The van der Waals surface area contributed by atoms with Gasteiger partial charge in [0.25, 0.3) is 0 Å². The van der Waals surface area contributed by atoms with Crippen LogP contribution in [0.2, 0.25) is 0 Å². The van der Waals surface area contributed by atoms with Gasteiger partial charge in [-0.3, -0.25) is 4.79 Å². The van der Waals surface area contributed by atoms with Crippen molar-refractivity contribution in [3.05, 3.63) is 11.8 Å². The highest BCUT2D eigenvalue weighted by Gasteiger charge is 2.53. The summed E-state index contributed by atoms with van der Waals surface area (Å²) in [7, 11) is 1.11. The Balaban J connectivity index is 1.88. The van der Waals surface area contributed by atoms with Crippen LogP contribution in [-0.4, -0.2) is 101 Å². The summed E-state index contributed by atoms with van der Waals surface area (Å²) in [6.45, 7) is -0.764. The zero-order chi connectivity index (χ0) is 22.2. The van der Waals surface area contributed by atoms with Crippen LogP contribution in [0.4, 0.5) is 0 Å². The molecule has 3 aliphatic rings. The first-order valence-corrected chi connectivity index (χ1v) is 8.88. The maximum Gasteiger partial charge on any atom is 0.337 e. The van der Waals surface area contributed by atoms with Gasteiger partial charge in [0.05, 0.1) is 51.9 Å². The number of aliphatic carboxylic acids is 1. The van der Waals surface area contributed by atoms with E-state index in [1.807, 2.05) is 0 Å². The van der Waals surface area contributed by atoms with Crippen LogP contribution < -0.4 is 0 Å². The molecule has 9 atom stereocenters. The van der Waals surface area contributed by atoms with Gasteiger partial charge in [-0.15, -0.1) is 0 Å². The van der Waals surface area contributed by atoms with Gasteiger partial charge in [-0.25, -0.2) is 4.79 Å². The normalized spacial score (nSPS) is 44.9. The van der Waals surface area contributed by atoms with Crippen LogP contribution in [0.5, 0.6) is 0 Å². The van der Waals surface area contributed by atoms with Crippen LogP contribution in [-0.2, 0) is 33.3 Å². The Labute approximate surface area is 166 Å². The van der Waals surface area contributed by atoms with Crippen molar-refractivity contribution < 1.29 is 60.2 Å². The molecular weight excluding hydrogens is 396 g/mol. The predicted molar refractivity (Wildman–Crippen MR) is 88.8 cm³/mol. The number of carbonyl (C=O) groups is 2. The fourth-order valence-electron chi connectivity index (χ4n) is 3.48. The topological polar surface area (TPSA) is 185 Å². The fraction of sp³-hybridized carbons (Fsp3) is 0.765. The van der Waals surface area contributed by atoms with Crippen molar-refractivity contribution in [1.82, 2.24) is 0 Å². The molecule has 0 aromatic rings. The maximum absolute atomic E-state index is 12.1. The fourth-order valence-corrected chi connectivity index (χ4v) is 3.48. The van der Waals surface area contributed by atoms with Crippen molar-refractivity contribution in [2.45, 2.75) is 49.5 Å². The molecule has 12 nitrogen and oxygen atoms in total. The number of hydrogen-bond donors (Lipinski definition) is 5. The van der Waals surface area contributed by atoms with Gasteiger partial charge in [0.15, 0.2) is 6.29 Å². The summed E-state index contributed by atoms with van der Waals surface area (Å²) in [6, 6.07) is 0. The molecule has 3 rings (SSSR count). The van der Waals surface area contributed by atoms with Crippen LogP contribution in [0.3, 0.4) is 0 Å². The van der Waals surface area contributed by atoms with Gasteiger partial charge in [0.1, 0.15) is 24.4 Å². The summed E-state index contributed by atoms with van der Waals surface area (Å²) in [5, 5.41) is 48.6. The molecule has 5 N–H and O–H groups in total. The lowest BCUT2D eigenvalue weighted by atomic mass is 9.79. The third kappa shape index (κ3) is 4.53. The molecule has 0 bridgehead atoms. The van der Waals surface area contributed by atoms with E-state index < -0.39 is 79.9 Å². The average molecular weight is 421 g/mol. The lowest BCUT2D eigenvalue weighted by Crippen LogP contribution is -2.60. The number of rotatable bonds is 7. The Bertz CT molecular complexity index is 692. The third-order valence-electron chi connectivity index (χ3n) is 5.07. The number of aliphatic hydroxyl groups excluding tert-OH is 4. The summed E-state index contributed by atoms with van der Waals surface area (Å²) < 4.78 is 34.4. The highest BCUT2D eigenvalue weighted by Crippen LogP contribution is 2.42. The van der Waals surface area contributed by atoms with E-state index in [1.165, 1.54) is 0 Å². The van der Waals surface area contributed by atoms with Crippen LogP contribution in [0.15, 0.2) is 11.8 Å². The number of carboxylic acid groups (broad SMARTS) is 1. The molecule has 0 spiro atoms. The van der Waals surface area contributed by atoms with Crippen LogP contribution >= 0.6 is 0 Å². The van der Waals surface area contributed by atoms with E-state index in [0.29, 0.717) is 0 Å². The molecule has 0 amide bonds. The van der Waals surface area contributed by atoms with E-state index in [-0.39, 0.29) is 12.2 Å². The molecule has 0 unspecified atom stereocenters. The number of aliphatic hydroxyl groups is 4. The molecule has 0 aliphatic carbocycles. The predicted octanol–water partition coefficient (Wildman–Crippen LogP) is -2.68. The largest absolute Gasteiger partial charge is 0.481 e. The molecule has 0 aromatic heterocycles. The first-order chi connectivity index (χ1) is 14.1. The number of esters is 1. The van der Waals surface area contributed by atoms with Crippen LogP contribution in [0.1, 0.15) is 7.79 Å². The molecule has 12 heteroatoms. The summed E-state index contributed by atoms with van der Waals surface area (Å²) >= 11 is 0. The zero-order valence-corrected chi connectivity index (χ0v) is 15.4. The van der Waals surface area contributed by atoms with Gasteiger partial charge in [-0.05, 0) is 0 Å². The Kier molecular flexibility index (Phi) is 6.29. The highest BCUT2D eigenvalue weighted by molar-refractivity contribution is 5.89. The number of hydrogen-bond acceptors (Lipinski definition) is 11. The monoisotopic (exact) mass is 421 g/mol. The molecule has 0 radical (unpaired) electrons. The highest BCUT2D eigenvalue weighted by atomic mass is 16.8. The Morgan fingerprint density at radius 2 is 1.93 bits per heavy atom. The second kappa shape index (κ2) is 8.92. The summed E-state index contributed by atoms with van der Waals surface area (Å²) in [4.78, 5) is 23.5. The second-order valence-electron chi connectivity index (χ2n) is 6.89. The lowest BCUT2D eigenvalue weighted by Gasteiger charge is -2.43. The standard InChI is InChI=1S/C17H24O12/c1-25-15(24)7-4-27-16(11(9-5-26-9)6(7)2-10(19)20)29-17-14(23)13(22)12(21)8(3-18)28-17/h4,6,8-9,11-14,16-18,21-23H,2-3,5H2,1H3,(H,19,20)/t6-,8-,9+,11+,12-,13+,14-,16+,17+/m1/s1/i9D. The Hall–Kier alpha value is -1.80. The van der Waals surface area contributed by atoms with Crippen LogP contribution in [0, 0.1) is 11.8 Å². The summed E-state index contributed by atoms with van der Waals surface area (Å²) in [5.41, 5.74) is -0.124. The third-order valence-corrected chi connectivity index (χ3v) is 5.07. The van der Waals surface area contributed by atoms with E-state index in [4.69, 9.17) is 20.3 Å². The van der Waals surface area contributed by atoms with E-state index in [1.54, 1.807) is 0 Å². The van der Waals surface area contributed by atoms with Crippen molar-refractivity contribution in [2.24, 2.45) is 11.8 Å². The number of carbonyl (C=O) groups excluding carboxylic acids is 1. The minimum Gasteiger partial charge on any atom is -0.481 e. The smallest absolute Gasteiger partial charge is 0.337 e. The molecule has 29 heavy (non-hydrogen) atoms. The van der Waals surface area contributed by atoms with Crippen molar-refractivity contribution >= 4 is 11.9 Å². The van der Waals surface area contributed by atoms with Gasteiger partial charge < -0.3 is 49.2 Å². The van der Waals surface area contributed by atoms with Gasteiger partial charge in [0, 0.05) is 5.92 Å². The molecule has 0 aromatic carbocycles. The second-order valence-corrected chi connectivity index (χ2v) is 6.89. The Morgan fingerprint density at radius 3 is 2.48 bits per heavy atom. The lowest BCUT2D eigenvalue weighted by molar-refractivity contribution is -0.342. The molecule has 164 valence electrons. The van der Waals surface area contributed by atoms with E-state index >= 15 is 0 Å². The molecule has 0 saturated carbocycles. The summed E-state index contributed by atoms with van der Waals surface area (Å²) in [5.74, 6) is -4.32. The SMILES string of the molecule is [2H][C@@]1([C@H]2[C@H](O[C@@H]3O[C@H](CO)[C@@H](O)[C@H](O)[C@H]3O)OC=C(C(=O)OC)[C@H]2CC(=O)O)CO1. The maximum atomic E-state index is 12.1. The molecule has 3 heterocycles. The van der Waals surface area contributed by atoms with E-state index in [2.05, 4.69) is 4.74 Å². The van der Waals surface area contributed by atoms with Gasteiger partial charge >= 0.3 is 11.9 Å². The van der Waals surface area contributed by atoms with Crippen molar-refractivity contribution in [3.63, 3.8) is 0 Å².